The van der Waals surface area contributed by atoms with Crippen LogP contribution in [0.3, 0.4) is 0 Å². The second kappa shape index (κ2) is 8.97. The van der Waals surface area contributed by atoms with Gasteiger partial charge in [0.1, 0.15) is 4.21 Å². The molecule has 1 aliphatic rings. The first-order chi connectivity index (χ1) is 11.5. The minimum atomic E-state index is -3.41. The summed E-state index contributed by atoms with van der Waals surface area (Å²) < 4.78 is 26.4. The molecule has 0 N–H and O–H groups in total. The summed E-state index contributed by atoms with van der Waals surface area (Å²) in [5.74, 6) is 0.159. The molecule has 1 aromatic rings. The molecule has 0 aliphatic heterocycles. The summed E-state index contributed by atoms with van der Waals surface area (Å²) in [4.78, 5) is 14.5. The Kier molecular flexibility index (Phi) is 7.25. The quantitative estimate of drug-likeness (QED) is 0.703. The Hall–Kier alpha value is -0.920. The Balaban J connectivity index is 1.83. The minimum Gasteiger partial charge on any atom is -0.340 e. The van der Waals surface area contributed by atoms with E-state index in [1.807, 2.05) is 11.8 Å². The Bertz CT molecular complexity index is 608. The van der Waals surface area contributed by atoms with Crippen LogP contribution in [0.15, 0.2) is 21.7 Å². The number of rotatable bonds is 8. The molecule has 5 nitrogen and oxygen atoms in total. The minimum absolute atomic E-state index is 0.159. The fourth-order valence-corrected chi connectivity index (χ4v) is 5.72. The Morgan fingerprint density at radius 2 is 2.00 bits per heavy atom. The molecule has 2 rings (SSSR count). The van der Waals surface area contributed by atoms with Crippen molar-refractivity contribution in [2.45, 2.75) is 62.1 Å². The maximum Gasteiger partial charge on any atom is 0.252 e. The maximum atomic E-state index is 12.5. The predicted octanol–water partition coefficient (Wildman–Crippen LogP) is 3.33. The van der Waals surface area contributed by atoms with Crippen molar-refractivity contribution < 1.29 is 13.2 Å². The van der Waals surface area contributed by atoms with Crippen LogP contribution in [0.5, 0.6) is 0 Å². The van der Waals surface area contributed by atoms with Gasteiger partial charge in [-0.3, -0.25) is 4.79 Å². The fourth-order valence-electron chi connectivity index (χ4n) is 3.31. The van der Waals surface area contributed by atoms with E-state index in [2.05, 4.69) is 0 Å². The molecule has 0 radical (unpaired) electrons. The third kappa shape index (κ3) is 4.80. The summed E-state index contributed by atoms with van der Waals surface area (Å²) in [5, 5.41) is 1.76. The Labute approximate surface area is 149 Å². The molecule has 0 aromatic carbocycles. The summed E-state index contributed by atoms with van der Waals surface area (Å²) in [6.07, 6.45) is 6.86. The normalized spacial score (nSPS) is 16.5. The average molecular weight is 373 g/mol. The summed E-state index contributed by atoms with van der Waals surface area (Å²) in [5.41, 5.74) is 0. The molecular weight excluding hydrogens is 344 g/mol. The predicted molar refractivity (Wildman–Crippen MR) is 97.6 cm³/mol. The SMILES string of the molecule is CCN(C(=O)CCCN(C)S(=O)(=O)c1cccs1)C1CCCCC1. The van der Waals surface area contributed by atoms with Gasteiger partial charge in [0.25, 0.3) is 10.0 Å². The number of thiophene rings is 1. The fraction of sp³-hybridized carbons (Fsp3) is 0.706. The van der Waals surface area contributed by atoms with Crippen molar-refractivity contribution in [1.29, 1.82) is 0 Å². The van der Waals surface area contributed by atoms with Crippen LogP contribution in [-0.2, 0) is 14.8 Å². The van der Waals surface area contributed by atoms with Crippen LogP contribution < -0.4 is 0 Å². The van der Waals surface area contributed by atoms with Crippen molar-refractivity contribution in [3.05, 3.63) is 17.5 Å². The van der Waals surface area contributed by atoms with E-state index >= 15 is 0 Å². The van der Waals surface area contributed by atoms with Gasteiger partial charge in [0, 0.05) is 32.6 Å². The molecule has 24 heavy (non-hydrogen) atoms. The van der Waals surface area contributed by atoms with Crippen LogP contribution in [0, 0.1) is 0 Å². The van der Waals surface area contributed by atoms with Crippen LogP contribution in [0.2, 0.25) is 0 Å². The van der Waals surface area contributed by atoms with Gasteiger partial charge < -0.3 is 4.90 Å². The van der Waals surface area contributed by atoms with Gasteiger partial charge in [-0.2, -0.15) is 0 Å². The van der Waals surface area contributed by atoms with Gasteiger partial charge in [0.05, 0.1) is 0 Å². The molecule has 1 aliphatic carbocycles. The maximum absolute atomic E-state index is 12.5. The lowest BCUT2D eigenvalue weighted by Gasteiger charge is -2.33. The largest absolute Gasteiger partial charge is 0.340 e. The van der Waals surface area contributed by atoms with E-state index in [0.29, 0.717) is 29.6 Å². The highest BCUT2D eigenvalue weighted by Gasteiger charge is 2.25. The summed E-state index contributed by atoms with van der Waals surface area (Å²) in [6, 6.07) is 3.73. The van der Waals surface area contributed by atoms with Gasteiger partial charge in [0.2, 0.25) is 5.91 Å². The van der Waals surface area contributed by atoms with Crippen LogP contribution in [0.1, 0.15) is 51.9 Å². The lowest BCUT2D eigenvalue weighted by atomic mass is 9.94. The standard InChI is InChI=1S/C17H28N2O3S2/c1-3-19(15-9-5-4-6-10-15)16(20)11-7-13-18(2)24(21,22)17-12-8-14-23-17/h8,12,14-15H,3-7,9-11,13H2,1-2H3. The van der Waals surface area contributed by atoms with E-state index in [1.54, 1.807) is 24.6 Å². The smallest absolute Gasteiger partial charge is 0.252 e. The first kappa shape index (κ1) is 19.4. The molecule has 0 saturated heterocycles. The lowest BCUT2D eigenvalue weighted by molar-refractivity contribution is -0.134. The number of nitrogens with zero attached hydrogens (tertiary/aromatic N) is 2. The molecule has 136 valence electrons. The molecule has 1 amide bonds. The van der Waals surface area contributed by atoms with Crippen molar-refractivity contribution in [2.75, 3.05) is 20.1 Å². The number of hydrogen-bond donors (Lipinski definition) is 0. The van der Waals surface area contributed by atoms with Crippen LogP contribution in [0.25, 0.3) is 0 Å². The molecule has 1 saturated carbocycles. The average Bonchev–Trinajstić information content (AvgIpc) is 3.11. The van der Waals surface area contributed by atoms with Crippen LogP contribution in [-0.4, -0.2) is 49.7 Å². The summed E-state index contributed by atoms with van der Waals surface area (Å²) >= 11 is 1.22. The second-order valence-corrected chi connectivity index (χ2v) is 9.55. The van der Waals surface area contributed by atoms with E-state index in [-0.39, 0.29) is 5.91 Å². The second-order valence-electron chi connectivity index (χ2n) is 6.33. The molecule has 7 heteroatoms. The number of hydrogen-bond acceptors (Lipinski definition) is 4. The first-order valence-electron chi connectivity index (χ1n) is 8.76. The zero-order valence-electron chi connectivity index (χ0n) is 14.6. The van der Waals surface area contributed by atoms with E-state index in [0.717, 1.165) is 19.4 Å². The van der Waals surface area contributed by atoms with Gasteiger partial charge in [-0.1, -0.05) is 25.3 Å². The molecular formula is C17H28N2O3S2. The van der Waals surface area contributed by atoms with E-state index in [9.17, 15) is 13.2 Å². The monoisotopic (exact) mass is 372 g/mol. The highest BCUT2D eigenvalue weighted by atomic mass is 32.2. The number of carbonyl (C=O) groups excluding carboxylic acids is 1. The Morgan fingerprint density at radius 3 is 2.58 bits per heavy atom. The molecule has 1 fully saturated rings. The van der Waals surface area contributed by atoms with E-state index in [1.165, 1.54) is 34.9 Å². The zero-order valence-corrected chi connectivity index (χ0v) is 16.2. The van der Waals surface area contributed by atoms with Gasteiger partial charge in [-0.25, -0.2) is 12.7 Å². The van der Waals surface area contributed by atoms with Gasteiger partial charge >= 0.3 is 0 Å². The Morgan fingerprint density at radius 1 is 1.29 bits per heavy atom. The van der Waals surface area contributed by atoms with Crippen molar-refractivity contribution >= 4 is 27.3 Å². The summed E-state index contributed by atoms with van der Waals surface area (Å²) in [7, 11) is -1.83. The third-order valence-corrected chi connectivity index (χ3v) is 7.93. The topological polar surface area (TPSA) is 57.7 Å². The third-order valence-electron chi connectivity index (χ3n) is 4.70. The van der Waals surface area contributed by atoms with E-state index in [4.69, 9.17) is 0 Å². The van der Waals surface area contributed by atoms with Crippen molar-refractivity contribution in [3.8, 4) is 0 Å². The molecule has 0 bridgehead atoms. The molecule has 1 heterocycles. The molecule has 0 spiro atoms. The summed E-state index contributed by atoms with van der Waals surface area (Å²) in [6.45, 7) is 3.14. The highest BCUT2D eigenvalue weighted by Crippen LogP contribution is 2.23. The number of amides is 1. The van der Waals surface area contributed by atoms with Crippen LogP contribution >= 0.6 is 11.3 Å². The van der Waals surface area contributed by atoms with Gasteiger partial charge in [0.15, 0.2) is 0 Å². The number of sulfonamides is 1. The van der Waals surface area contributed by atoms with Gasteiger partial charge in [-0.15, -0.1) is 11.3 Å². The lowest BCUT2D eigenvalue weighted by Crippen LogP contribution is -2.41. The van der Waals surface area contributed by atoms with Gasteiger partial charge in [-0.05, 0) is 37.6 Å². The van der Waals surface area contributed by atoms with E-state index < -0.39 is 10.0 Å². The molecule has 0 unspecified atom stereocenters. The van der Waals surface area contributed by atoms with Crippen molar-refractivity contribution in [3.63, 3.8) is 0 Å². The molecule has 1 aromatic heterocycles. The van der Waals surface area contributed by atoms with Crippen molar-refractivity contribution in [2.24, 2.45) is 0 Å². The first-order valence-corrected chi connectivity index (χ1v) is 11.1. The number of carbonyl (C=O) groups is 1. The van der Waals surface area contributed by atoms with Crippen LogP contribution in [0.4, 0.5) is 0 Å². The zero-order chi connectivity index (χ0) is 17.6. The highest BCUT2D eigenvalue weighted by molar-refractivity contribution is 7.91. The molecule has 0 atom stereocenters. The van der Waals surface area contributed by atoms with Crippen molar-refractivity contribution in [1.82, 2.24) is 9.21 Å².